The molecule has 1 aliphatic heterocycles. The van der Waals surface area contributed by atoms with Gasteiger partial charge in [-0.3, -0.25) is 14.5 Å². The molecular weight excluding hydrogens is 408 g/mol. The summed E-state index contributed by atoms with van der Waals surface area (Å²) in [7, 11) is 0. The van der Waals surface area contributed by atoms with Crippen molar-refractivity contribution in [1.29, 1.82) is 0 Å². The smallest absolute Gasteiger partial charge is 0.333 e. The van der Waals surface area contributed by atoms with Crippen LogP contribution >= 0.6 is 23.5 Å². The van der Waals surface area contributed by atoms with Crippen molar-refractivity contribution in [1.82, 2.24) is 4.90 Å². The largest absolute Gasteiger partial charge is 0.463 e. The van der Waals surface area contributed by atoms with Gasteiger partial charge < -0.3 is 10.1 Å². The highest BCUT2D eigenvalue weighted by Gasteiger charge is 2.29. The molecular formula is C21H20N2O4S2. The van der Waals surface area contributed by atoms with Crippen molar-refractivity contribution >= 4 is 47.0 Å². The Morgan fingerprint density at radius 2 is 1.90 bits per heavy atom. The van der Waals surface area contributed by atoms with Crippen LogP contribution in [0.15, 0.2) is 75.5 Å². The second-order valence-electron chi connectivity index (χ2n) is 5.96. The lowest BCUT2D eigenvalue weighted by atomic mass is 10.3. The minimum Gasteiger partial charge on any atom is -0.463 e. The molecule has 0 atom stereocenters. The zero-order valence-corrected chi connectivity index (χ0v) is 17.4. The van der Waals surface area contributed by atoms with Crippen LogP contribution in [-0.2, 0) is 19.1 Å². The topological polar surface area (TPSA) is 75.7 Å². The van der Waals surface area contributed by atoms with Gasteiger partial charge in [-0.05, 0) is 31.2 Å². The monoisotopic (exact) mass is 428 g/mol. The molecule has 2 amide bonds. The normalized spacial score (nSPS) is 14.9. The number of anilines is 1. The number of ether oxygens (including phenoxy) is 1. The predicted molar refractivity (Wildman–Crippen MR) is 115 cm³/mol. The molecule has 1 heterocycles. The van der Waals surface area contributed by atoms with Crippen molar-refractivity contribution in [3.63, 3.8) is 0 Å². The number of para-hydroxylation sites is 1. The van der Waals surface area contributed by atoms with Crippen molar-refractivity contribution in [2.24, 2.45) is 0 Å². The molecule has 0 aromatic heterocycles. The Morgan fingerprint density at radius 1 is 1.17 bits per heavy atom. The van der Waals surface area contributed by atoms with E-state index in [1.54, 1.807) is 18.7 Å². The number of nitrogens with zero attached hydrogens (tertiary/aromatic N) is 1. The maximum atomic E-state index is 12.6. The van der Waals surface area contributed by atoms with Crippen LogP contribution in [-0.4, -0.2) is 41.6 Å². The highest BCUT2D eigenvalue weighted by atomic mass is 32.2. The molecule has 0 bridgehead atoms. The summed E-state index contributed by atoms with van der Waals surface area (Å²) in [6.07, 6.45) is 1.26. The van der Waals surface area contributed by atoms with Gasteiger partial charge >= 0.3 is 5.97 Å². The van der Waals surface area contributed by atoms with Gasteiger partial charge in [-0.2, -0.15) is 0 Å². The number of benzene rings is 2. The first-order chi connectivity index (χ1) is 14.1. The van der Waals surface area contributed by atoms with Crippen molar-refractivity contribution in [2.45, 2.75) is 16.7 Å². The summed E-state index contributed by atoms with van der Waals surface area (Å²) in [6.45, 7) is 1.79. The zero-order chi connectivity index (χ0) is 20.6. The standard InChI is InChI=1S/C21H20N2O4S2/c1-2-27-21(26)12-20-23(19(25)14-28-20)13-18(24)22-16-10-6-7-11-17(16)29-15-8-4-3-5-9-15/h3-12H,2,13-14H2,1H3,(H,22,24). The Bertz CT molecular complexity index is 931. The number of thioether (sulfide) groups is 1. The van der Waals surface area contributed by atoms with E-state index in [1.807, 2.05) is 54.6 Å². The van der Waals surface area contributed by atoms with Gasteiger partial charge in [0.1, 0.15) is 6.54 Å². The summed E-state index contributed by atoms with van der Waals surface area (Å²) < 4.78 is 4.89. The van der Waals surface area contributed by atoms with E-state index in [4.69, 9.17) is 4.74 Å². The van der Waals surface area contributed by atoms with Gasteiger partial charge in [0.15, 0.2) is 0 Å². The van der Waals surface area contributed by atoms with Crippen molar-refractivity contribution in [2.75, 3.05) is 24.2 Å². The summed E-state index contributed by atoms with van der Waals surface area (Å²) in [5, 5.41) is 3.30. The fourth-order valence-corrected chi connectivity index (χ4v) is 4.44. The van der Waals surface area contributed by atoms with E-state index in [9.17, 15) is 14.4 Å². The second-order valence-corrected chi connectivity index (χ2v) is 8.07. The van der Waals surface area contributed by atoms with Crippen LogP contribution in [0.1, 0.15) is 6.92 Å². The summed E-state index contributed by atoms with van der Waals surface area (Å²) in [6, 6.07) is 17.3. The Kier molecular flexibility index (Phi) is 7.37. The van der Waals surface area contributed by atoms with Crippen LogP contribution in [0.4, 0.5) is 5.69 Å². The molecule has 0 saturated carbocycles. The summed E-state index contributed by atoms with van der Waals surface area (Å²) >= 11 is 2.76. The van der Waals surface area contributed by atoms with E-state index in [1.165, 1.54) is 22.7 Å². The predicted octanol–water partition coefficient (Wildman–Crippen LogP) is 3.76. The number of amides is 2. The number of carbonyl (C=O) groups excluding carboxylic acids is 3. The zero-order valence-electron chi connectivity index (χ0n) is 15.8. The van der Waals surface area contributed by atoms with Crippen molar-refractivity contribution < 1.29 is 19.1 Å². The maximum absolute atomic E-state index is 12.6. The number of nitrogens with one attached hydrogen (secondary N) is 1. The van der Waals surface area contributed by atoms with E-state index in [0.29, 0.717) is 10.7 Å². The molecule has 6 nitrogen and oxygen atoms in total. The summed E-state index contributed by atoms with van der Waals surface area (Å²) in [4.78, 5) is 39.7. The number of hydrogen-bond donors (Lipinski definition) is 1. The van der Waals surface area contributed by atoms with Gasteiger partial charge in [-0.1, -0.05) is 53.9 Å². The molecule has 0 unspecified atom stereocenters. The van der Waals surface area contributed by atoms with Gasteiger partial charge in [0.05, 0.1) is 29.2 Å². The van der Waals surface area contributed by atoms with Gasteiger partial charge in [0, 0.05) is 9.79 Å². The number of esters is 1. The molecule has 0 aliphatic carbocycles. The molecule has 8 heteroatoms. The highest BCUT2D eigenvalue weighted by molar-refractivity contribution is 8.04. The molecule has 1 saturated heterocycles. The minimum absolute atomic E-state index is 0.165. The van der Waals surface area contributed by atoms with Gasteiger partial charge in [-0.25, -0.2) is 4.79 Å². The first kappa shape index (κ1) is 21.0. The molecule has 2 aromatic carbocycles. The first-order valence-corrected chi connectivity index (χ1v) is 10.8. The number of hydrogen-bond acceptors (Lipinski definition) is 6. The van der Waals surface area contributed by atoms with Gasteiger partial charge in [0.25, 0.3) is 0 Å². The Balaban J connectivity index is 1.69. The van der Waals surface area contributed by atoms with E-state index < -0.39 is 5.97 Å². The quantitative estimate of drug-likeness (QED) is 0.535. The van der Waals surface area contributed by atoms with E-state index in [0.717, 1.165) is 9.79 Å². The van der Waals surface area contributed by atoms with Crippen molar-refractivity contribution in [3.8, 4) is 0 Å². The van der Waals surface area contributed by atoms with Gasteiger partial charge in [-0.15, -0.1) is 0 Å². The summed E-state index contributed by atoms with van der Waals surface area (Å²) in [5.74, 6) is -0.886. The molecule has 29 heavy (non-hydrogen) atoms. The molecule has 1 N–H and O–H groups in total. The fraction of sp³-hybridized carbons (Fsp3) is 0.190. The van der Waals surface area contributed by atoms with Crippen molar-refractivity contribution in [3.05, 3.63) is 65.7 Å². The SMILES string of the molecule is CCOC(=O)C=C1SCC(=O)N1CC(=O)Nc1ccccc1Sc1ccccc1. The minimum atomic E-state index is -0.528. The maximum Gasteiger partial charge on any atom is 0.333 e. The van der Waals surface area contributed by atoms with E-state index in [-0.39, 0.29) is 30.7 Å². The van der Waals surface area contributed by atoms with Crippen LogP contribution in [0.2, 0.25) is 0 Å². The second kappa shape index (κ2) is 10.2. The lowest BCUT2D eigenvalue weighted by molar-refractivity contribution is -0.137. The summed E-state index contributed by atoms with van der Waals surface area (Å²) in [5.41, 5.74) is 0.668. The number of rotatable bonds is 7. The van der Waals surface area contributed by atoms with Crippen LogP contribution in [0.5, 0.6) is 0 Å². The molecule has 1 fully saturated rings. The third-order valence-corrected chi connectivity index (χ3v) is 5.98. The molecule has 150 valence electrons. The van der Waals surface area contributed by atoms with Crippen LogP contribution in [0, 0.1) is 0 Å². The van der Waals surface area contributed by atoms with E-state index >= 15 is 0 Å². The third kappa shape index (κ3) is 5.88. The Hall–Kier alpha value is -2.71. The molecule has 3 rings (SSSR count). The molecule has 0 radical (unpaired) electrons. The third-order valence-electron chi connectivity index (χ3n) is 3.87. The molecule has 1 aliphatic rings. The Labute approximate surface area is 177 Å². The first-order valence-electron chi connectivity index (χ1n) is 9.00. The average Bonchev–Trinajstić information content (AvgIpc) is 3.04. The number of carbonyl (C=O) groups is 3. The van der Waals surface area contributed by atoms with Crippen LogP contribution in [0.25, 0.3) is 0 Å². The lowest BCUT2D eigenvalue weighted by Gasteiger charge is -2.17. The van der Waals surface area contributed by atoms with E-state index in [2.05, 4.69) is 5.32 Å². The fourth-order valence-electron chi connectivity index (χ4n) is 2.59. The van der Waals surface area contributed by atoms with Crippen LogP contribution in [0.3, 0.4) is 0 Å². The lowest BCUT2D eigenvalue weighted by Crippen LogP contribution is -2.34. The van der Waals surface area contributed by atoms with Gasteiger partial charge in [0.2, 0.25) is 11.8 Å². The Morgan fingerprint density at radius 3 is 2.66 bits per heavy atom. The molecule has 0 spiro atoms. The highest BCUT2D eigenvalue weighted by Crippen LogP contribution is 2.33. The molecule has 2 aromatic rings. The average molecular weight is 429 g/mol. The van der Waals surface area contributed by atoms with Crippen LogP contribution < -0.4 is 5.32 Å².